The van der Waals surface area contributed by atoms with Crippen LogP contribution in [0, 0.1) is 0 Å². The fourth-order valence-corrected chi connectivity index (χ4v) is 4.45. The molecule has 0 aliphatic rings. The number of hydrazone groups is 1. The van der Waals surface area contributed by atoms with E-state index in [1.165, 1.54) is 31.5 Å². The minimum Gasteiger partial charge on any atom is -0.506 e. The number of methoxy groups -OCH3 is 1. The fraction of sp³-hybridized carbons (Fsp3) is 0.0800. The minimum atomic E-state index is -0.477. The lowest BCUT2D eigenvalue weighted by molar-refractivity contribution is -0.115. The molecule has 0 saturated heterocycles. The molecular weight excluding hydrogens is 474 g/mol. The Kier molecular flexibility index (Phi) is 7.10. The molecule has 0 saturated carbocycles. The Labute approximate surface area is 204 Å². The molecule has 0 aliphatic carbocycles. The maximum absolute atomic E-state index is 12.6. The quantitative estimate of drug-likeness (QED) is 0.243. The van der Waals surface area contributed by atoms with E-state index in [-0.39, 0.29) is 28.7 Å². The zero-order valence-electron chi connectivity index (χ0n) is 18.0. The van der Waals surface area contributed by atoms with Gasteiger partial charge in [-0.3, -0.25) is 9.59 Å². The van der Waals surface area contributed by atoms with Gasteiger partial charge in [0, 0.05) is 10.3 Å². The van der Waals surface area contributed by atoms with Gasteiger partial charge in [0.2, 0.25) is 5.91 Å². The molecule has 4 rings (SSSR count). The van der Waals surface area contributed by atoms with Crippen LogP contribution in [0.3, 0.4) is 0 Å². The highest BCUT2D eigenvalue weighted by molar-refractivity contribution is 7.17. The van der Waals surface area contributed by atoms with Gasteiger partial charge in [0.25, 0.3) is 5.91 Å². The number of nitrogens with zero attached hydrogens (tertiary/aromatic N) is 1. The normalized spacial score (nSPS) is 11.0. The average Bonchev–Trinajstić information content (AvgIpc) is 3.24. The standard InChI is InChI=1S/C25H20ClN3O4S/c1-33-22-10-15(13-27-29-25(32)16-7-9-21(30)19(26)11-16)6-8-20(22)28-24(31)12-17-14-34-23-5-3-2-4-18(17)23/h2-11,13-14,30H,12H2,1H3,(H,28,31)(H,29,32)/b27-13+. The highest BCUT2D eigenvalue weighted by Gasteiger charge is 2.12. The molecule has 1 aromatic heterocycles. The summed E-state index contributed by atoms with van der Waals surface area (Å²) in [6, 6.07) is 17.3. The van der Waals surface area contributed by atoms with Gasteiger partial charge in [-0.25, -0.2) is 5.43 Å². The molecule has 34 heavy (non-hydrogen) atoms. The average molecular weight is 494 g/mol. The molecule has 1 heterocycles. The highest BCUT2D eigenvalue weighted by atomic mass is 35.5. The Morgan fingerprint density at radius 3 is 2.76 bits per heavy atom. The van der Waals surface area contributed by atoms with Gasteiger partial charge in [0.05, 0.1) is 30.5 Å². The van der Waals surface area contributed by atoms with Crippen molar-refractivity contribution in [3.05, 3.63) is 87.8 Å². The van der Waals surface area contributed by atoms with Crippen molar-refractivity contribution >= 4 is 56.7 Å². The maximum atomic E-state index is 12.6. The Bertz CT molecular complexity index is 1400. The number of benzene rings is 3. The summed E-state index contributed by atoms with van der Waals surface area (Å²) in [4.78, 5) is 24.8. The molecule has 9 heteroatoms. The molecule has 0 aliphatic heterocycles. The molecule has 0 unspecified atom stereocenters. The molecule has 0 radical (unpaired) electrons. The first kappa shape index (κ1) is 23.3. The van der Waals surface area contributed by atoms with Crippen LogP contribution in [0.1, 0.15) is 21.5 Å². The lowest BCUT2D eigenvalue weighted by Crippen LogP contribution is -2.17. The first-order valence-corrected chi connectivity index (χ1v) is 11.5. The van der Waals surface area contributed by atoms with Gasteiger partial charge in [-0.05, 0) is 58.3 Å². The largest absolute Gasteiger partial charge is 0.506 e. The second kappa shape index (κ2) is 10.4. The molecular formula is C25H20ClN3O4S. The molecule has 172 valence electrons. The Balaban J connectivity index is 1.40. The SMILES string of the molecule is COc1cc(/C=N/NC(=O)c2ccc(O)c(Cl)c2)ccc1NC(=O)Cc1csc2ccccc12. The number of rotatable bonds is 7. The van der Waals surface area contributed by atoms with Crippen molar-refractivity contribution < 1.29 is 19.4 Å². The van der Waals surface area contributed by atoms with Gasteiger partial charge in [-0.2, -0.15) is 5.10 Å². The molecule has 3 N–H and O–H groups in total. The lowest BCUT2D eigenvalue weighted by Gasteiger charge is -2.11. The van der Waals surface area contributed by atoms with Crippen LogP contribution in [0.4, 0.5) is 5.69 Å². The van der Waals surface area contributed by atoms with Gasteiger partial charge in [-0.15, -0.1) is 11.3 Å². The van der Waals surface area contributed by atoms with Crippen molar-refractivity contribution in [2.75, 3.05) is 12.4 Å². The first-order chi connectivity index (χ1) is 16.4. The van der Waals surface area contributed by atoms with Gasteiger partial charge >= 0.3 is 0 Å². The van der Waals surface area contributed by atoms with Gasteiger partial charge in [0.1, 0.15) is 11.5 Å². The number of anilines is 1. The summed E-state index contributed by atoms with van der Waals surface area (Å²) in [5.74, 6) is -0.271. The van der Waals surface area contributed by atoms with Gasteiger partial charge in [-0.1, -0.05) is 35.9 Å². The predicted molar refractivity (Wildman–Crippen MR) is 135 cm³/mol. The molecule has 0 fully saturated rings. The van der Waals surface area contributed by atoms with E-state index >= 15 is 0 Å². The lowest BCUT2D eigenvalue weighted by atomic mass is 10.1. The number of halogens is 1. The predicted octanol–water partition coefficient (Wildman–Crippen LogP) is 5.21. The molecule has 4 aromatic rings. The Hall–Kier alpha value is -3.88. The molecule has 7 nitrogen and oxygen atoms in total. The topological polar surface area (TPSA) is 100 Å². The van der Waals surface area contributed by atoms with Crippen molar-refractivity contribution in [1.82, 2.24) is 5.43 Å². The van der Waals surface area contributed by atoms with Crippen LogP contribution in [-0.4, -0.2) is 30.2 Å². The summed E-state index contributed by atoms with van der Waals surface area (Å²) in [6.07, 6.45) is 1.70. The van der Waals surface area contributed by atoms with E-state index in [4.69, 9.17) is 16.3 Å². The summed E-state index contributed by atoms with van der Waals surface area (Å²) in [6.45, 7) is 0. The van der Waals surface area contributed by atoms with Crippen LogP contribution in [0.2, 0.25) is 5.02 Å². The zero-order valence-corrected chi connectivity index (χ0v) is 19.6. The summed E-state index contributed by atoms with van der Waals surface area (Å²) in [5.41, 5.74) is 4.82. The third kappa shape index (κ3) is 5.36. The third-order valence-corrected chi connectivity index (χ3v) is 6.32. The van der Waals surface area contributed by atoms with Crippen LogP contribution >= 0.6 is 22.9 Å². The summed E-state index contributed by atoms with van der Waals surface area (Å²) in [7, 11) is 1.51. The number of hydrogen-bond acceptors (Lipinski definition) is 6. The number of aromatic hydroxyl groups is 1. The number of phenolic OH excluding ortho intramolecular Hbond substituents is 1. The van der Waals surface area contributed by atoms with Crippen molar-refractivity contribution in [3.63, 3.8) is 0 Å². The van der Waals surface area contributed by atoms with Crippen molar-refractivity contribution in [2.45, 2.75) is 6.42 Å². The van der Waals surface area contributed by atoms with Crippen LogP contribution in [0.15, 0.2) is 71.1 Å². The number of nitrogens with one attached hydrogen (secondary N) is 2. The van der Waals surface area contributed by atoms with Crippen molar-refractivity contribution in [1.29, 1.82) is 0 Å². The van der Waals surface area contributed by atoms with Crippen LogP contribution in [0.25, 0.3) is 10.1 Å². The summed E-state index contributed by atoms with van der Waals surface area (Å²) in [5, 5.41) is 19.4. The number of carbonyl (C=O) groups excluding carboxylic acids is 2. The minimum absolute atomic E-state index is 0.0752. The molecule has 0 spiro atoms. The Morgan fingerprint density at radius 1 is 1.15 bits per heavy atom. The van der Waals surface area contributed by atoms with E-state index in [9.17, 15) is 14.7 Å². The van der Waals surface area contributed by atoms with Gasteiger partial charge in [0.15, 0.2) is 0 Å². The molecule has 0 bridgehead atoms. The molecule has 3 aromatic carbocycles. The summed E-state index contributed by atoms with van der Waals surface area (Å²) < 4.78 is 6.56. The van der Waals surface area contributed by atoms with E-state index < -0.39 is 5.91 Å². The van der Waals surface area contributed by atoms with Crippen LogP contribution < -0.4 is 15.5 Å². The van der Waals surface area contributed by atoms with E-state index in [2.05, 4.69) is 15.8 Å². The number of thiophene rings is 1. The smallest absolute Gasteiger partial charge is 0.271 e. The number of phenols is 1. The van der Waals surface area contributed by atoms with Crippen molar-refractivity contribution in [2.24, 2.45) is 5.10 Å². The first-order valence-electron chi connectivity index (χ1n) is 10.2. The number of ether oxygens (including phenoxy) is 1. The van der Waals surface area contributed by atoms with E-state index in [0.29, 0.717) is 17.0 Å². The Morgan fingerprint density at radius 2 is 1.97 bits per heavy atom. The molecule has 0 atom stereocenters. The zero-order chi connectivity index (χ0) is 24.1. The number of fused-ring (bicyclic) bond motifs is 1. The number of amides is 2. The maximum Gasteiger partial charge on any atom is 0.271 e. The fourth-order valence-electron chi connectivity index (χ4n) is 3.31. The van der Waals surface area contributed by atoms with Gasteiger partial charge < -0.3 is 15.2 Å². The second-order valence-electron chi connectivity index (χ2n) is 7.31. The van der Waals surface area contributed by atoms with Crippen molar-refractivity contribution in [3.8, 4) is 11.5 Å². The third-order valence-electron chi connectivity index (χ3n) is 5.00. The van der Waals surface area contributed by atoms with E-state index in [1.54, 1.807) is 29.5 Å². The van der Waals surface area contributed by atoms with Crippen LogP contribution in [0.5, 0.6) is 11.5 Å². The number of hydrogen-bond donors (Lipinski definition) is 3. The second-order valence-corrected chi connectivity index (χ2v) is 8.63. The highest BCUT2D eigenvalue weighted by Crippen LogP contribution is 2.28. The van der Waals surface area contributed by atoms with Crippen LogP contribution in [-0.2, 0) is 11.2 Å². The summed E-state index contributed by atoms with van der Waals surface area (Å²) >= 11 is 7.44. The van der Waals surface area contributed by atoms with E-state index in [1.807, 2.05) is 29.6 Å². The number of carbonyl (C=O) groups is 2. The monoisotopic (exact) mass is 493 g/mol. The molecule has 2 amide bonds. The van der Waals surface area contributed by atoms with E-state index in [0.717, 1.165) is 15.6 Å².